The number of hydrogen-bond acceptors (Lipinski definition) is 2. The quantitative estimate of drug-likeness (QED) is 0.856. The highest BCUT2D eigenvalue weighted by Crippen LogP contribution is 2.14. The second-order valence-corrected chi connectivity index (χ2v) is 4.77. The van der Waals surface area contributed by atoms with Gasteiger partial charge in [-0.05, 0) is 29.8 Å². The Morgan fingerprint density at radius 2 is 2.00 bits per heavy atom. The first-order valence-corrected chi connectivity index (χ1v) is 6.89. The first-order valence-electron chi connectivity index (χ1n) is 6.51. The van der Waals surface area contributed by atoms with Crippen molar-refractivity contribution in [1.82, 2.24) is 5.32 Å². The Morgan fingerprint density at radius 3 is 2.76 bits per heavy atom. The summed E-state index contributed by atoms with van der Waals surface area (Å²) in [7, 11) is 0. The molecule has 3 nitrogen and oxygen atoms in total. The van der Waals surface area contributed by atoms with Gasteiger partial charge in [0.2, 0.25) is 0 Å². The molecule has 4 heteroatoms. The summed E-state index contributed by atoms with van der Waals surface area (Å²) in [6, 6.07) is 14.5. The molecule has 3 N–H and O–H groups in total. The van der Waals surface area contributed by atoms with Crippen LogP contribution in [0.2, 0.25) is 5.02 Å². The molecule has 0 atom stereocenters. The summed E-state index contributed by atoms with van der Waals surface area (Å²) >= 11 is 6.05. The molecule has 0 heterocycles. The van der Waals surface area contributed by atoms with Crippen LogP contribution in [0, 0.1) is 11.8 Å². The molecule has 106 valence electrons. The highest BCUT2D eigenvalue weighted by Gasteiger charge is 2.06. The van der Waals surface area contributed by atoms with Gasteiger partial charge >= 0.3 is 0 Å². The third-order valence-corrected chi connectivity index (χ3v) is 3.23. The van der Waals surface area contributed by atoms with Crippen molar-refractivity contribution >= 4 is 17.5 Å². The fourth-order valence-electron chi connectivity index (χ4n) is 1.81. The van der Waals surface area contributed by atoms with Crippen LogP contribution in [0.3, 0.4) is 0 Å². The van der Waals surface area contributed by atoms with E-state index in [4.69, 9.17) is 17.3 Å². The van der Waals surface area contributed by atoms with Crippen LogP contribution in [-0.2, 0) is 6.54 Å². The van der Waals surface area contributed by atoms with Crippen molar-refractivity contribution in [2.45, 2.75) is 6.54 Å². The fourth-order valence-corrected chi connectivity index (χ4v) is 2.01. The van der Waals surface area contributed by atoms with Gasteiger partial charge in [-0.25, -0.2) is 0 Å². The maximum absolute atomic E-state index is 12.1. The summed E-state index contributed by atoms with van der Waals surface area (Å²) in [5.74, 6) is 5.51. The largest absolute Gasteiger partial charge is 0.348 e. The van der Waals surface area contributed by atoms with Gasteiger partial charge < -0.3 is 11.1 Å². The van der Waals surface area contributed by atoms with Crippen LogP contribution < -0.4 is 11.1 Å². The summed E-state index contributed by atoms with van der Waals surface area (Å²) < 4.78 is 0. The maximum Gasteiger partial charge on any atom is 0.251 e. The van der Waals surface area contributed by atoms with Gasteiger partial charge in [0, 0.05) is 22.7 Å². The van der Waals surface area contributed by atoms with Crippen LogP contribution in [0.5, 0.6) is 0 Å². The minimum absolute atomic E-state index is 0.161. The van der Waals surface area contributed by atoms with E-state index < -0.39 is 0 Å². The lowest BCUT2D eigenvalue weighted by Gasteiger charge is -2.07. The number of amides is 1. The van der Waals surface area contributed by atoms with Gasteiger partial charge in [0.05, 0.1) is 6.54 Å². The van der Waals surface area contributed by atoms with Gasteiger partial charge in [-0.1, -0.05) is 47.7 Å². The molecule has 0 unspecified atom stereocenters. The SMILES string of the molecule is NCC#Cc1cccc(C(=O)NCc2ccccc2Cl)c1. The van der Waals surface area contributed by atoms with Gasteiger partial charge in [-0.15, -0.1) is 0 Å². The van der Waals surface area contributed by atoms with E-state index in [-0.39, 0.29) is 5.91 Å². The molecule has 0 fully saturated rings. The van der Waals surface area contributed by atoms with Gasteiger partial charge in [-0.3, -0.25) is 4.79 Å². The predicted molar refractivity (Wildman–Crippen MR) is 85.0 cm³/mol. The summed E-state index contributed by atoms with van der Waals surface area (Å²) in [6.07, 6.45) is 0. The van der Waals surface area contributed by atoms with Crippen LogP contribution >= 0.6 is 11.6 Å². The smallest absolute Gasteiger partial charge is 0.251 e. The van der Waals surface area contributed by atoms with Crippen molar-refractivity contribution < 1.29 is 4.79 Å². The normalized spacial score (nSPS) is 9.62. The Hall–Kier alpha value is -2.28. The lowest BCUT2D eigenvalue weighted by Crippen LogP contribution is -2.22. The summed E-state index contributed by atoms with van der Waals surface area (Å²) in [4.78, 5) is 12.1. The lowest BCUT2D eigenvalue weighted by atomic mass is 10.1. The average molecular weight is 299 g/mol. The zero-order chi connectivity index (χ0) is 15.1. The number of nitrogens with two attached hydrogens (primary N) is 1. The van der Waals surface area contributed by atoms with Crippen molar-refractivity contribution in [3.05, 3.63) is 70.2 Å². The Balaban J connectivity index is 2.05. The Bertz CT molecular complexity index is 701. The van der Waals surface area contributed by atoms with E-state index >= 15 is 0 Å². The monoisotopic (exact) mass is 298 g/mol. The van der Waals surface area contributed by atoms with E-state index in [0.717, 1.165) is 11.1 Å². The fraction of sp³-hybridized carbons (Fsp3) is 0.118. The van der Waals surface area contributed by atoms with E-state index in [2.05, 4.69) is 17.2 Å². The Labute approximate surface area is 129 Å². The predicted octanol–water partition coefficient (Wildman–Crippen LogP) is 2.58. The van der Waals surface area contributed by atoms with E-state index in [1.807, 2.05) is 24.3 Å². The molecule has 0 aromatic heterocycles. The number of hydrogen-bond donors (Lipinski definition) is 2. The summed E-state index contributed by atoms with van der Waals surface area (Å²) in [5, 5.41) is 3.48. The first kappa shape index (κ1) is 15.1. The maximum atomic E-state index is 12.1. The molecule has 0 aliphatic heterocycles. The molecule has 1 amide bonds. The number of halogens is 1. The summed E-state index contributed by atoms with van der Waals surface area (Å²) in [5.41, 5.74) is 7.55. The third kappa shape index (κ3) is 4.35. The Kier molecular flexibility index (Phi) is 5.39. The standard InChI is InChI=1S/C17H15ClN2O/c18-16-9-2-1-7-15(16)12-20-17(21)14-8-3-5-13(11-14)6-4-10-19/h1-3,5,7-9,11H,10,12,19H2,(H,20,21). The van der Waals surface area contributed by atoms with Crippen molar-refractivity contribution in [2.75, 3.05) is 6.54 Å². The van der Waals surface area contributed by atoms with Gasteiger partial charge in [0.15, 0.2) is 0 Å². The first-order chi connectivity index (χ1) is 10.2. The third-order valence-electron chi connectivity index (χ3n) is 2.86. The molecule has 2 aromatic carbocycles. The molecular weight excluding hydrogens is 284 g/mol. The lowest BCUT2D eigenvalue weighted by molar-refractivity contribution is 0.0951. The molecule has 0 saturated carbocycles. The topological polar surface area (TPSA) is 55.1 Å². The van der Waals surface area contributed by atoms with E-state index in [1.165, 1.54) is 0 Å². The number of rotatable bonds is 3. The number of nitrogens with one attached hydrogen (secondary N) is 1. The molecule has 21 heavy (non-hydrogen) atoms. The average Bonchev–Trinajstić information content (AvgIpc) is 2.52. The molecule has 0 radical (unpaired) electrons. The zero-order valence-corrected chi connectivity index (χ0v) is 12.2. The number of carbonyl (C=O) groups excluding carboxylic acids is 1. The second-order valence-electron chi connectivity index (χ2n) is 4.36. The van der Waals surface area contributed by atoms with E-state index in [9.17, 15) is 4.79 Å². The van der Waals surface area contributed by atoms with Crippen molar-refractivity contribution in [2.24, 2.45) is 5.73 Å². The number of carbonyl (C=O) groups is 1. The van der Waals surface area contributed by atoms with Crippen molar-refractivity contribution in [3.8, 4) is 11.8 Å². The molecule has 2 rings (SSSR count). The molecule has 0 spiro atoms. The highest BCUT2D eigenvalue weighted by molar-refractivity contribution is 6.31. The van der Waals surface area contributed by atoms with Crippen LogP contribution in [0.25, 0.3) is 0 Å². The van der Waals surface area contributed by atoms with E-state index in [1.54, 1.807) is 24.3 Å². The molecule has 0 aliphatic carbocycles. The van der Waals surface area contributed by atoms with Crippen LogP contribution in [-0.4, -0.2) is 12.5 Å². The van der Waals surface area contributed by atoms with Gasteiger partial charge in [0.1, 0.15) is 0 Å². The minimum atomic E-state index is -0.161. The number of benzene rings is 2. The molecule has 0 saturated heterocycles. The molecule has 0 bridgehead atoms. The summed E-state index contributed by atoms with van der Waals surface area (Å²) in [6.45, 7) is 0.681. The molecular formula is C17H15ClN2O. The molecule has 2 aromatic rings. The second kappa shape index (κ2) is 7.49. The van der Waals surface area contributed by atoms with Crippen LogP contribution in [0.1, 0.15) is 21.5 Å². The van der Waals surface area contributed by atoms with Crippen LogP contribution in [0.4, 0.5) is 0 Å². The Morgan fingerprint density at radius 1 is 1.19 bits per heavy atom. The van der Waals surface area contributed by atoms with Crippen molar-refractivity contribution in [3.63, 3.8) is 0 Å². The van der Waals surface area contributed by atoms with E-state index in [0.29, 0.717) is 23.7 Å². The van der Waals surface area contributed by atoms with Crippen LogP contribution in [0.15, 0.2) is 48.5 Å². The van der Waals surface area contributed by atoms with Crippen molar-refractivity contribution in [1.29, 1.82) is 0 Å². The molecule has 0 aliphatic rings. The highest BCUT2D eigenvalue weighted by atomic mass is 35.5. The minimum Gasteiger partial charge on any atom is -0.348 e. The van der Waals surface area contributed by atoms with Gasteiger partial charge in [-0.2, -0.15) is 0 Å². The van der Waals surface area contributed by atoms with Gasteiger partial charge in [0.25, 0.3) is 5.91 Å². The zero-order valence-electron chi connectivity index (χ0n) is 11.4.